The third-order valence-electron chi connectivity index (χ3n) is 11.8. The lowest BCUT2D eigenvalue weighted by molar-refractivity contribution is -0.136. The second-order valence-electron chi connectivity index (χ2n) is 15.9. The zero-order valence-corrected chi connectivity index (χ0v) is 35.6. The molecule has 63 heavy (non-hydrogen) atoms. The molecule has 2 saturated heterocycles. The Hall–Kier alpha value is -6.77. The summed E-state index contributed by atoms with van der Waals surface area (Å²) in [5.41, 5.74) is 4.19. The number of rotatable bonds is 11. The molecule has 6 amide bonds. The number of anilines is 5. The molecule has 0 bridgehead atoms. The number of benzene rings is 2. The predicted octanol–water partition coefficient (Wildman–Crippen LogP) is 4.31. The smallest absolute Gasteiger partial charge is 0.317 e. The first-order valence-corrected chi connectivity index (χ1v) is 21.6. The van der Waals surface area contributed by atoms with Crippen molar-refractivity contribution in [3.05, 3.63) is 94.3 Å². The summed E-state index contributed by atoms with van der Waals surface area (Å²) in [6.07, 6.45) is 8.27. The molecule has 0 spiro atoms. The largest absolute Gasteiger partial charge is 0.367 e. The van der Waals surface area contributed by atoms with Gasteiger partial charge in [-0.2, -0.15) is 4.98 Å². The van der Waals surface area contributed by atoms with Gasteiger partial charge in [-0.25, -0.2) is 14.8 Å². The van der Waals surface area contributed by atoms with Crippen molar-refractivity contribution in [1.82, 2.24) is 46.0 Å². The number of piperidine rings is 1. The van der Waals surface area contributed by atoms with E-state index in [9.17, 15) is 24.0 Å². The molecule has 6 N–H and O–H groups in total. The highest BCUT2D eigenvalue weighted by atomic mass is 35.5. The number of nitrogens with one attached hydrogen (secondary N) is 6. The van der Waals surface area contributed by atoms with Gasteiger partial charge in [0.2, 0.25) is 17.8 Å². The molecule has 4 aromatic rings. The number of piperazine rings is 1. The van der Waals surface area contributed by atoms with Crippen molar-refractivity contribution in [2.75, 3.05) is 55.3 Å². The molecule has 2 aromatic carbocycles. The van der Waals surface area contributed by atoms with Gasteiger partial charge < -0.3 is 41.3 Å². The number of urea groups is 1. The van der Waals surface area contributed by atoms with Crippen LogP contribution in [-0.2, 0) is 16.1 Å². The Morgan fingerprint density at radius 1 is 0.905 bits per heavy atom. The lowest BCUT2D eigenvalue weighted by atomic mass is 9.91. The molecule has 17 nitrogen and oxygen atoms in total. The van der Waals surface area contributed by atoms with Crippen LogP contribution in [0.1, 0.15) is 76.8 Å². The second kappa shape index (κ2) is 19.5. The third kappa shape index (κ3) is 10.3. The Kier molecular flexibility index (Phi) is 13.3. The SMILES string of the molecule is CNC(=O)c1ccccc1Nc1nc(Nc2ccc(N3CCN(C(=O)NC4CCC(NCCC#Cc5ccc6c(c5)CN(C5CCC(=O)NC5=O)C6=O)CC4)CC3)cn2)ncc1Cl. The van der Waals surface area contributed by atoms with Crippen LogP contribution >= 0.6 is 11.6 Å². The van der Waals surface area contributed by atoms with Gasteiger partial charge in [-0.15, -0.1) is 0 Å². The van der Waals surface area contributed by atoms with Crippen LogP contribution in [0.5, 0.6) is 0 Å². The fourth-order valence-corrected chi connectivity index (χ4v) is 8.50. The number of para-hydroxylation sites is 1. The van der Waals surface area contributed by atoms with Gasteiger partial charge in [0.05, 0.1) is 29.3 Å². The number of fused-ring (bicyclic) bond motifs is 1. The van der Waals surface area contributed by atoms with Crippen LogP contribution < -0.4 is 36.8 Å². The van der Waals surface area contributed by atoms with E-state index in [0.717, 1.165) is 49.0 Å². The summed E-state index contributed by atoms with van der Waals surface area (Å²) in [5, 5.41) is 18.4. The number of imide groups is 1. The monoisotopic (exact) mass is 872 g/mol. The third-order valence-corrected chi connectivity index (χ3v) is 12.1. The molecular weight excluding hydrogens is 824 g/mol. The van der Waals surface area contributed by atoms with Crippen LogP contribution in [0.15, 0.2) is 67.0 Å². The van der Waals surface area contributed by atoms with E-state index in [0.29, 0.717) is 85.1 Å². The van der Waals surface area contributed by atoms with Crippen molar-refractivity contribution < 1.29 is 24.0 Å². The summed E-state index contributed by atoms with van der Waals surface area (Å²) in [4.78, 5) is 81.4. The summed E-state index contributed by atoms with van der Waals surface area (Å²) in [6.45, 7) is 3.66. The summed E-state index contributed by atoms with van der Waals surface area (Å²) < 4.78 is 0. The van der Waals surface area contributed by atoms with E-state index in [2.05, 4.69) is 63.6 Å². The van der Waals surface area contributed by atoms with Crippen LogP contribution in [0.25, 0.3) is 0 Å². The normalized spacial score (nSPS) is 19.7. The maximum absolute atomic E-state index is 13.2. The molecule has 1 atom stereocenters. The molecule has 326 valence electrons. The molecule has 1 aliphatic carbocycles. The van der Waals surface area contributed by atoms with E-state index in [1.165, 1.54) is 6.20 Å². The first-order valence-electron chi connectivity index (χ1n) is 21.3. The molecule has 18 heteroatoms. The molecule has 3 fully saturated rings. The highest BCUT2D eigenvalue weighted by molar-refractivity contribution is 6.33. The fourth-order valence-electron chi connectivity index (χ4n) is 8.36. The first-order chi connectivity index (χ1) is 30.6. The second-order valence-corrected chi connectivity index (χ2v) is 16.3. The maximum atomic E-state index is 13.2. The summed E-state index contributed by atoms with van der Waals surface area (Å²) in [7, 11) is 1.57. The molecule has 1 unspecified atom stereocenters. The van der Waals surface area contributed by atoms with Crippen LogP contribution in [0.3, 0.4) is 0 Å². The number of halogens is 1. The standard InChI is InChI=1S/C45H49ClN12O5/c1-47-41(60)34-7-2-3-8-36(34)52-40-35(46)26-50-44(55-40)53-38-17-14-32(25-49-38)56-20-22-57(23-21-56)45(63)51-31-12-10-30(11-13-31)48-19-5-4-6-28-9-15-33-29(24-28)27-58(43(33)62)37-16-18-39(59)54-42(37)61/h2-3,7-9,14-15,17,24-26,30-31,37,48H,5,10-13,16,18-23,27H2,1H3,(H,47,60)(H,51,63)(H,54,59,61)(H2,49,50,52,53,55). The van der Waals surface area contributed by atoms with Crippen molar-refractivity contribution >= 4 is 70.2 Å². The lowest BCUT2D eigenvalue weighted by Gasteiger charge is -2.37. The molecule has 8 rings (SSSR count). The van der Waals surface area contributed by atoms with Crippen molar-refractivity contribution in [1.29, 1.82) is 0 Å². The van der Waals surface area contributed by atoms with Gasteiger partial charge in [-0.1, -0.05) is 35.6 Å². The number of pyridine rings is 1. The van der Waals surface area contributed by atoms with Gasteiger partial charge in [0.1, 0.15) is 16.9 Å². The van der Waals surface area contributed by atoms with Gasteiger partial charge in [-0.05, 0) is 80.1 Å². The van der Waals surface area contributed by atoms with E-state index in [1.807, 2.05) is 35.2 Å². The number of amides is 6. The Bertz CT molecular complexity index is 2440. The Morgan fingerprint density at radius 3 is 2.46 bits per heavy atom. The minimum atomic E-state index is -0.634. The van der Waals surface area contributed by atoms with Crippen molar-refractivity contribution in [2.24, 2.45) is 0 Å². The number of nitrogens with zero attached hydrogens (tertiary/aromatic N) is 6. The van der Waals surface area contributed by atoms with Crippen LogP contribution in [0.4, 0.5) is 33.8 Å². The highest BCUT2D eigenvalue weighted by Gasteiger charge is 2.39. The van der Waals surface area contributed by atoms with Gasteiger partial charge in [0.25, 0.3) is 11.8 Å². The average Bonchev–Trinajstić information content (AvgIpc) is 3.62. The average molecular weight is 873 g/mol. The number of aromatic nitrogens is 3. The van der Waals surface area contributed by atoms with Crippen molar-refractivity contribution in [2.45, 2.75) is 69.6 Å². The Labute approximate surface area is 370 Å². The topological polar surface area (TPSA) is 206 Å². The van der Waals surface area contributed by atoms with Crippen LogP contribution in [0.2, 0.25) is 5.02 Å². The van der Waals surface area contributed by atoms with E-state index in [4.69, 9.17) is 11.6 Å². The van der Waals surface area contributed by atoms with Crippen LogP contribution in [-0.4, -0.2) is 112 Å². The van der Waals surface area contributed by atoms with Gasteiger partial charge in [0, 0.05) is 82.4 Å². The highest BCUT2D eigenvalue weighted by Crippen LogP contribution is 2.29. The molecule has 3 aliphatic heterocycles. The molecule has 4 aliphatic rings. The summed E-state index contributed by atoms with van der Waals surface area (Å²) in [5.74, 6) is 6.46. The molecule has 2 aromatic heterocycles. The maximum Gasteiger partial charge on any atom is 0.317 e. The van der Waals surface area contributed by atoms with Crippen LogP contribution in [0, 0.1) is 11.8 Å². The zero-order valence-electron chi connectivity index (χ0n) is 34.9. The fraction of sp³-hybridized carbons (Fsp3) is 0.378. The Balaban J connectivity index is 0.726. The first kappa shape index (κ1) is 42.9. The number of carbonyl (C=O) groups is 5. The van der Waals surface area contributed by atoms with E-state index in [1.54, 1.807) is 42.4 Å². The molecule has 1 saturated carbocycles. The predicted molar refractivity (Wildman–Crippen MR) is 238 cm³/mol. The van der Waals surface area contributed by atoms with Gasteiger partial charge in [0.15, 0.2) is 5.82 Å². The Morgan fingerprint density at radius 2 is 1.70 bits per heavy atom. The summed E-state index contributed by atoms with van der Waals surface area (Å²) in [6, 6.07) is 16.3. The molecular formula is C45H49ClN12O5. The van der Waals surface area contributed by atoms with Gasteiger partial charge in [-0.3, -0.25) is 24.5 Å². The minimum Gasteiger partial charge on any atom is -0.367 e. The minimum absolute atomic E-state index is 0.0208. The molecule has 0 radical (unpaired) electrons. The van der Waals surface area contributed by atoms with Crippen molar-refractivity contribution in [3.63, 3.8) is 0 Å². The van der Waals surface area contributed by atoms with Gasteiger partial charge >= 0.3 is 6.03 Å². The number of hydrogen-bond donors (Lipinski definition) is 6. The zero-order chi connectivity index (χ0) is 43.9. The van der Waals surface area contributed by atoms with E-state index >= 15 is 0 Å². The summed E-state index contributed by atoms with van der Waals surface area (Å²) >= 11 is 6.39. The quantitative estimate of drug-likeness (QED) is 0.0709. The number of hydrogen-bond acceptors (Lipinski definition) is 12. The lowest BCUT2D eigenvalue weighted by Crippen LogP contribution is -2.54. The number of carbonyl (C=O) groups excluding carboxylic acids is 5. The van der Waals surface area contributed by atoms with E-state index in [-0.39, 0.29) is 42.2 Å². The van der Waals surface area contributed by atoms with Crippen molar-refractivity contribution in [3.8, 4) is 11.8 Å². The van der Waals surface area contributed by atoms with E-state index < -0.39 is 11.9 Å². The molecule has 5 heterocycles.